The predicted octanol–water partition coefficient (Wildman–Crippen LogP) is 0.733. The summed E-state index contributed by atoms with van der Waals surface area (Å²) in [4.78, 5) is 56.3. The van der Waals surface area contributed by atoms with Crippen molar-refractivity contribution in [3.8, 4) is 11.1 Å². The molecule has 1 aliphatic rings. The van der Waals surface area contributed by atoms with E-state index >= 15 is 0 Å². The maximum absolute atomic E-state index is 12.9. The van der Waals surface area contributed by atoms with E-state index in [1.54, 1.807) is 41.0 Å². The zero-order valence-electron chi connectivity index (χ0n) is 15.4. The lowest BCUT2D eigenvalue weighted by atomic mass is 10.0. The summed E-state index contributed by atoms with van der Waals surface area (Å²) in [6, 6.07) is 6.80. The van der Waals surface area contributed by atoms with Crippen molar-refractivity contribution in [2.45, 2.75) is 20.3 Å². The number of rotatable bonds is 2. The Bertz CT molecular complexity index is 992. The molecule has 0 radical (unpaired) electrons. The number of H-pyrrole nitrogens is 2. The van der Waals surface area contributed by atoms with Crippen LogP contribution in [-0.2, 0) is 4.79 Å². The summed E-state index contributed by atoms with van der Waals surface area (Å²) >= 11 is 0. The van der Waals surface area contributed by atoms with Crippen molar-refractivity contribution in [2.24, 2.45) is 0 Å². The van der Waals surface area contributed by atoms with Gasteiger partial charge in [0.05, 0.1) is 5.56 Å². The molecule has 0 atom stereocenters. The molecule has 8 heteroatoms. The molecule has 1 saturated heterocycles. The second-order valence-corrected chi connectivity index (χ2v) is 6.64. The Balaban J connectivity index is 1.88. The Morgan fingerprint density at radius 2 is 1.70 bits per heavy atom. The second kappa shape index (κ2) is 7.61. The fraction of sp³-hybridized carbons (Fsp3) is 0.368. The summed E-state index contributed by atoms with van der Waals surface area (Å²) in [7, 11) is 0. The smallest absolute Gasteiger partial charge is 0.325 e. The number of carbonyl (C=O) groups excluding carboxylic acids is 2. The number of benzene rings is 1. The first-order chi connectivity index (χ1) is 12.9. The van der Waals surface area contributed by atoms with Crippen molar-refractivity contribution in [1.29, 1.82) is 0 Å². The Hall–Kier alpha value is -3.16. The molecule has 0 aliphatic carbocycles. The maximum atomic E-state index is 12.9. The van der Waals surface area contributed by atoms with Crippen LogP contribution in [0, 0.1) is 6.92 Å². The van der Waals surface area contributed by atoms with Gasteiger partial charge in [-0.3, -0.25) is 19.4 Å². The molecule has 8 nitrogen and oxygen atoms in total. The van der Waals surface area contributed by atoms with E-state index < -0.39 is 11.2 Å². The lowest BCUT2D eigenvalue weighted by molar-refractivity contribution is -0.128. The SMILES string of the molecule is CC(=O)N1CCCN(C(=O)c2cccc(-c3c(C)[nH]c(=O)[nH]c3=O)c2)CC1. The highest BCUT2D eigenvalue weighted by Gasteiger charge is 2.22. The zero-order valence-corrected chi connectivity index (χ0v) is 15.4. The van der Waals surface area contributed by atoms with E-state index in [2.05, 4.69) is 9.97 Å². The van der Waals surface area contributed by atoms with Crippen molar-refractivity contribution in [1.82, 2.24) is 19.8 Å². The summed E-state index contributed by atoms with van der Waals surface area (Å²) in [5.74, 6) is -0.125. The van der Waals surface area contributed by atoms with Gasteiger partial charge < -0.3 is 14.8 Å². The van der Waals surface area contributed by atoms with E-state index in [1.807, 2.05) is 0 Å². The molecule has 1 aromatic heterocycles. The molecule has 0 unspecified atom stereocenters. The van der Waals surface area contributed by atoms with E-state index in [1.165, 1.54) is 6.92 Å². The number of amides is 2. The topological polar surface area (TPSA) is 106 Å². The number of aromatic amines is 2. The van der Waals surface area contributed by atoms with Crippen LogP contribution in [0.25, 0.3) is 11.1 Å². The predicted molar refractivity (Wildman–Crippen MR) is 101 cm³/mol. The largest absolute Gasteiger partial charge is 0.341 e. The van der Waals surface area contributed by atoms with Crippen LogP contribution in [-0.4, -0.2) is 57.8 Å². The van der Waals surface area contributed by atoms with Gasteiger partial charge in [-0.25, -0.2) is 4.79 Å². The fourth-order valence-corrected chi connectivity index (χ4v) is 3.37. The molecule has 1 aromatic carbocycles. The van der Waals surface area contributed by atoms with Gasteiger partial charge in [-0.05, 0) is 31.0 Å². The average Bonchev–Trinajstić information content (AvgIpc) is 2.87. The van der Waals surface area contributed by atoms with Crippen LogP contribution in [0.2, 0.25) is 0 Å². The molecule has 0 saturated carbocycles. The lowest BCUT2D eigenvalue weighted by Crippen LogP contribution is -2.36. The van der Waals surface area contributed by atoms with Crippen LogP contribution in [0.5, 0.6) is 0 Å². The molecule has 2 N–H and O–H groups in total. The summed E-state index contributed by atoms with van der Waals surface area (Å²) in [5, 5.41) is 0. The standard InChI is InChI=1S/C19H22N4O4/c1-12-16(17(25)21-19(27)20-12)14-5-3-6-15(11-14)18(26)23-8-4-7-22(9-10-23)13(2)24/h3,5-6,11H,4,7-10H2,1-2H3,(H2,20,21,25,27). The monoisotopic (exact) mass is 370 g/mol. The third-order valence-electron chi connectivity index (χ3n) is 4.76. The Labute approximate surface area is 155 Å². The van der Waals surface area contributed by atoms with Crippen LogP contribution in [0.15, 0.2) is 33.9 Å². The van der Waals surface area contributed by atoms with Crippen LogP contribution in [0.4, 0.5) is 0 Å². The quantitative estimate of drug-likeness (QED) is 0.813. The number of carbonyl (C=O) groups is 2. The van der Waals surface area contributed by atoms with E-state index in [4.69, 9.17) is 0 Å². The van der Waals surface area contributed by atoms with E-state index in [0.717, 1.165) is 6.42 Å². The Morgan fingerprint density at radius 3 is 2.41 bits per heavy atom. The average molecular weight is 370 g/mol. The van der Waals surface area contributed by atoms with Gasteiger partial charge in [-0.15, -0.1) is 0 Å². The van der Waals surface area contributed by atoms with Crippen molar-refractivity contribution < 1.29 is 9.59 Å². The highest BCUT2D eigenvalue weighted by atomic mass is 16.2. The van der Waals surface area contributed by atoms with Gasteiger partial charge in [0, 0.05) is 44.4 Å². The molecule has 0 spiro atoms. The van der Waals surface area contributed by atoms with Crippen molar-refractivity contribution in [3.63, 3.8) is 0 Å². The number of hydrogen-bond donors (Lipinski definition) is 2. The third-order valence-corrected chi connectivity index (χ3v) is 4.76. The summed E-state index contributed by atoms with van der Waals surface area (Å²) in [5.41, 5.74) is 0.758. The van der Waals surface area contributed by atoms with Crippen LogP contribution >= 0.6 is 0 Å². The first-order valence-electron chi connectivity index (χ1n) is 8.85. The molecule has 142 valence electrons. The van der Waals surface area contributed by atoms with Crippen molar-refractivity contribution in [3.05, 3.63) is 56.4 Å². The van der Waals surface area contributed by atoms with Crippen LogP contribution < -0.4 is 11.2 Å². The van der Waals surface area contributed by atoms with Crippen molar-refractivity contribution >= 4 is 11.8 Å². The summed E-state index contributed by atoms with van der Waals surface area (Å²) in [6.45, 7) is 5.38. The number of aromatic nitrogens is 2. The molecule has 3 rings (SSSR count). The van der Waals surface area contributed by atoms with Gasteiger partial charge in [-0.1, -0.05) is 12.1 Å². The minimum absolute atomic E-state index is 0.0130. The Kier molecular flexibility index (Phi) is 5.25. The van der Waals surface area contributed by atoms with Crippen LogP contribution in [0.3, 0.4) is 0 Å². The molecule has 1 fully saturated rings. The minimum atomic E-state index is -0.562. The maximum Gasteiger partial charge on any atom is 0.325 e. The molecule has 0 bridgehead atoms. The van der Waals surface area contributed by atoms with Gasteiger partial charge in [-0.2, -0.15) is 0 Å². The molecule has 2 aromatic rings. The van der Waals surface area contributed by atoms with Crippen molar-refractivity contribution in [2.75, 3.05) is 26.2 Å². The minimum Gasteiger partial charge on any atom is -0.341 e. The third kappa shape index (κ3) is 3.99. The highest BCUT2D eigenvalue weighted by molar-refractivity contribution is 5.95. The lowest BCUT2D eigenvalue weighted by Gasteiger charge is -2.21. The van der Waals surface area contributed by atoms with E-state index in [-0.39, 0.29) is 11.8 Å². The molecule has 27 heavy (non-hydrogen) atoms. The molecular formula is C19H22N4O4. The van der Waals surface area contributed by atoms with Gasteiger partial charge in [0.25, 0.3) is 11.5 Å². The molecule has 2 amide bonds. The van der Waals surface area contributed by atoms with E-state index in [9.17, 15) is 19.2 Å². The van der Waals surface area contributed by atoms with Gasteiger partial charge in [0.1, 0.15) is 0 Å². The summed E-state index contributed by atoms with van der Waals surface area (Å²) < 4.78 is 0. The van der Waals surface area contributed by atoms with Gasteiger partial charge >= 0.3 is 5.69 Å². The number of nitrogens with zero attached hydrogens (tertiary/aromatic N) is 2. The Morgan fingerprint density at radius 1 is 1.00 bits per heavy atom. The number of hydrogen-bond acceptors (Lipinski definition) is 4. The zero-order chi connectivity index (χ0) is 19.6. The van der Waals surface area contributed by atoms with Gasteiger partial charge in [0.2, 0.25) is 5.91 Å². The molecule has 1 aliphatic heterocycles. The number of aryl methyl sites for hydroxylation is 1. The second-order valence-electron chi connectivity index (χ2n) is 6.64. The summed E-state index contributed by atoms with van der Waals surface area (Å²) in [6.07, 6.45) is 0.726. The van der Waals surface area contributed by atoms with E-state index in [0.29, 0.717) is 48.6 Å². The first kappa shape index (κ1) is 18.6. The fourth-order valence-electron chi connectivity index (χ4n) is 3.37. The van der Waals surface area contributed by atoms with Crippen LogP contribution in [0.1, 0.15) is 29.4 Å². The highest BCUT2D eigenvalue weighted by Crippen LogP contribution is 2.20. The first-order valence-corrected chi connectivity index (χ1v) is 8.85. The van der Waals surface area contributed by atoms with Gasteiger partial charge in [0.15, 0.2) is 0 Å². The molecular weight excluding hydrogens is 348 g/mol. The molecule has 2 heterocycles. The number of nitrogens with one attached hydrogen (secondary N) is 2. The normalized spacial score (nSPS) is 14.7.